The number of carboxylic acids is 1. The Bertz CT molecular complexity index is 1940. The van der Waals surface area contributed by atoms with Crippen molar-refractivity contribution in [2.75, 3.05) is 13.6 Å². The molecule has 7 rings (SSSR count). The van der Waals surface area contributed by atoms with Gasteiger partial charge in [0.2, 0.25) is 0 Å². The van der Waals surface area contributed by atoms with Gasteiger partial charge in [-0.3, -0.25) is 4.79 Å². The summed E-state index contributed by atoms with van der Waals surface area (Å²) < 4.78 is 43.6. The second-order valence-electron chi connectivity index (χ2n) is 18.0. The second-order valence-corrected chi connectivity index (χ2v) is 18.0. The smallest absolute Gasteiger partial charge is 0.416 e. The third kappa shape index (κ3) is 7.43. The summed E-state index contributed by atoms with van der Waals surface area (Å²) in [6, 6.07) is 16.2. The summed E-state index contributed by atoms with van der Waals surface area (Å²) in [7, 11) is 1.85. The number of hydrogen-bond donors (Lipinski definition) is 4. The van der Waals surface area contributed by atoms with Crippen molar-refractivity contribution in [2.45, 2.75) is 117 Å². The van der Waals surface area contributed by atoms with Gasteiger partial charge in [-0.05, 0) is 154 Å². The van der Waals surface area contributed by atoms with Gasteiger partial charge >= 0.3 is 12.1 Å². The van der Waals surface area contributed by atoms with Crippen molar-refractivity contribution in [1.29, 1.82) is 0 Å². The molecule has 306 valence electrons. The number of aliphatic carboxylic acids is 1. The van der Waals surface area contributed by atoms with Crippen LogP contribution in [0.2, 0.25) is 0 Å². The number of fused-ring (bicyclic) bond motifs is 7. The molecule has 7 atom stereocenters. The summed E-state index contributed by atoms with van der Waals surface area (Å²) in [4.78, 5) is 12.3. The molecule has 3 aromatic carbocycles. The van der Waals surface area contributed by atoms with E-state index >= 15 is 0 Å². The predicted octanol–water partition coefficient (Wildman–Crippen LogP) is 11.5. The highest BCUT2D eigenvalue weighted by atomic mass is 35.5. The summed E-state index contributed by atoms with van der Waals surface area (Å²) in [6.07, 6.45) is 6.22. The maximum absolute atomic E-state index is 12.6. The van der Waals surface area contributed by atoms with Gasteiger partial charge in [-0.25, -0.2) is 0 Å². The molecule has 56 heavy (non-hydrogen) atoms. The van der Waals surface area contributed by atoms with Crippen molar-refractivity contribution in [1.82, 2.24) is 5.32 Å². The third-order valence-corrected chi connectivity index (χ3v) is 14.9. The average molecular weight is 798 g/mol. The van der Waals surface area contributed by atoms with Crippen molar-refractivity contribution in [3.63, 3.8) is 0 Å². The van der Waals surface area contributed by atoms with E-state index < -0.39 is 23.1 Å². The van der Waals surface area contributed by atoms with Crippen LogP contribution in [0.3, 0.4) is 0 Å². The number of aromatic hydroxyl groups is 2. The van der Waals surface area contributed by atoms with Gasteiger partial charge < -0.3 is 25.4 Å². The van der Waals surface area contributed by atoms with Crippen LogP contribution in [0, 0.1) is 34.5 Å². The lowest BCUT2D eigenvalue weighted by atomic mass is 9.34. The van der Waals surface area contributed by atoms with Crippen LogP contribution < -0.4 is 10.1 Å². The van der Waals surface area contributed by atoms with Gasteiger partial charge in [0.1, 0.15) is 11.9 Å². The molecule has 4 aliphatic carbocycles. The van der Waals surface area contributed by atoms with E-state index in [9.17, 15) is 33.3 Å². The largest absolute Gasteiger partial charge is 0.504 e. The van der Waals surface area contributed by atoms with E-state index in [1.54, 1.807) is 0 Å². The molecule has 0 saturated heterocycles. The van der Waals surface area contributed by atoms with Gasteiger partial charge in [0.25, 0.3) is 0 Å². The maximum Gasteiger partial charge on any atom is 0.416 e. The van der Waals surface area contributed by atoms with E-state index in [-0.39, 0.29) is 51.7 Å². The molecule has 0 bridgehead atoms. The van der Waals surface area contributed by atoms with Crippen LogP contribution in [-0.2, 0) is 22.8 Å². The first-order chi connectivity index (χ1) is 25.7. The lowest BCUT2D eigenvalue weighted by Crippen LogP contribution is -2.62. The molecule has 6 nitrogen and oxygen atoms in total. The number of phenols is 2. The number of carbonyl (C=O) groups is 1. The first-order valence-corrected chi connectivity index (χ1v) is 19.8. The van der Waals surface area contributed by atoms with Crippen molar-refractivity contribution >= 4 is 18.4 Å². The van der Waals surface area contributed by atoms with Gasteiger partial charge in [0.05, 0.1) is 11.0 Å². The first-order valence-electron chi connectivity index (χ1n) is 19.8. The number of halogens is 4. The van der Waals surface area contributed by atoms with E-state index in [1.165, 1.54) is 23.3 Å². The fourth-order valence-electron chi connectivity index (χ4n) is 11.0. The van der Waals surface area contributed by atoms with Crippen LogP contribution in [0.4, 0.5) is 13.2 Å². The number of nitrogens with one attached hydrogen (secondary N) is 1. The Morgan fingerprint density at radius 1 is 0.929 bits per heavy atom. The molecule has 0 aromatic heterocycles. The molecular formula is C46H59ClF3NO5. The highest BCUT2D eigenvalue weighted by molar-refractivity contribution is 5.85. The van der Waals surface area contributed by atoms with Gasteiger partial charge in [-0.1, -0.05) is 69.7 Å². The SMILES string of the molecule is CNCCC(Oc1ccc(C(F)(F)F)cc1)c1ccccc1.Cc1c(O)c(O)cc2c1CC=C1C2(C)CCC2(C)C3CC(C)(C(=O)O)CCC3(C)CCC12C.Cl. The molecule has 0 heterocycles. The van der Waals surface area contributed by atoms with Gasteiger partial charge in [0.15, 0.2) is 11.5 Å². The Labute approximate surface area is 336 Å². The zero-order chi connectivity index (χ0) is 40.2. The molecule has 4 N–H and O–H groups in total. The molecule has 0 spiro atoms. The topological polar surface area (TPSA) is 99.0 Å². The standard InChI is InChI=1S/C29H40O4.C17H18F3NO.ClH/c1-17-18-7-8-21-27(4,19(18)15-20(30)23(17)31)12-14-29(6)22-16-26(3,24(32)33)10-9-25(22,2)11-13-28(21,29)5;1-21-12-11-16(13-5-3-2-4-6-13)22-15-9-7-14(8-10-15)17(18,19)20;/h8,15,22,30-31H,7,9-14,16H2,1-6H3,(H,32,33);2-10,16,21H,11-12H2,1H3;1H. The van der Waals surface area contributed by atoms with Crippen LogP contribution in [-0.4, -0.2) is 34.9 Å². The Kier molecular flexibility index (Phi) is 12.1. The molecule has 0 aliphatic heterocycles. The average Bonchev–Trinajstić information content (AvgIpc) is 3.15. The zero-order valence-corrected chi connectivity index (χ0v) is 34.6. The van der Waals surface area contributed by atoms with Crippen LogP contribution >= 0.6 is 12.4 Å². The summed E-state index contributed by atoms with van der Waals surface area (Å²) in [5.74, 6) is 0.147. The molecule has 7 unspecified atom stereocenters. The van der Waals surface area contributed by atoms with Crippen LogP contribution in [0.25, 0.3) is 0 Å². The molecule has 3 fully saturated rings. The Balaban J connectivity index is 0.000000229. The Hall–Kier alpha value is -3.69. The van der Waals surface area contributed by atoms with Crippen LogP contribution in [0.15, 0.2) is 72.3 Å². The third-order valence-electron chi connectivity index (χ3n) is 14.9. The molecule has 10 heteroatoms. The molecule has 3 saturated carbocycles. The number of phenolic OH excluding ortho intramolecular Hbond substituents is 2. The van der Waals surface area contributed by atoms with Crippen LogP contribution in [0.5, 0.6) is 17.2 Å². The van der Waals surface area contributed by atoms with Crippen LogP contribution in [0.1, 0.15) is 120 Å². The van der Waals surface area contributed by atoms with Crippen molar-refractivity contribution in [3.05, 3.63) is 100 Å². The van der Waals surface area contributed by atoms with Gasteiger partial charge in [0, 0.05) is 11.8 Å². The fraction of sp³-hybridized carbons (Fsp3) is 0.543. The zero-order valence-electron chi connectivity index (χ0n) is 33.8. The number of alkyl halides is 3. The van der Waals surface area contributed by atoms with E-state index in [0.29, 0.717) is 11.7 Å². The van der Waals surface area contributed by atoms with E-state index in [0.717, 1.165) is 93.2 Å². The number of hydrogen-bond acceptors (Lipinski definition) is 5. The normalized spacial score (nSPS) is 31.0. The minimum atomic E-state index is -4.33. The minimum absolute atomic E-state index is 0. The lowest BCUT2D eigenvalue weighted by molar-refractivity contribution is -0.177. The van der Waals surface area contributed by atoms with E-state index in [2.05, 4.69) is 39.1 Å². The highest BCUT2D eigenvalue weighted by Gasteiger charge is 2.67. The predicted molar refractivity (Wildman–Crippen MR) is 217 cm³/mol. The lowest BCUT2D eigenvalue weighted by Gasteiger charge is -2.69. The summed E-state index contributed by atoms with van der Waals surface area (Å²) in [5.41, 5.74) is 4.33. The van der Waals surface area contributed by atoms with Crippen molar-refractivity contribution < 1.29 is 38.0 Å². The molecule has 0 amide bonds. The first kappa shape index (κ1) is 43.4. The molecule has 3 aromatic rings. The number of benzene rings is 3. The Morgan fingerprint density at radius 2 is 1.57 bits per heavy atom. The quantitative estimate of drug-likeness (QED) is 0.140. The summed E-state index contributed by atoms with van der Waals surface area (Å²) in [5, 5.41) is 34.0. The number of allylic oxidation sites excluding steroid dienone is 2. The highest BCUT2D eigenvalue weighted by Crippen LogP contribution is 2.74. The molecule has 0 radical (unpaired) electrons. The molecule has 4 aliphatic rings. The fourth-order valence-corrected chi connectivity index (χ4v) is 11.0. The number of carboxylic acid groups (broad SMARTS) is 1. The maximum atomic E-state index is 12.6. The van der Waals surface area contributed by atoms with Crippen molar-refractivity contribution in [2.24, 2.45) is 27.6 Å². The summed E-state index contributed by atoms with van der Waals surface area (Å²) >= 11 is 0. The van der Waals surface area contributed by atoms with E-state index in [1.807, 2.05) is 57.3 Å². The monoisotopic (exact) mass is 797 g/mol. The van der Waals surface area contributed by atoms with Gasteiger partial charge in [-0.15, -0.1) is 12.4 Å². The number of rotatable bonds is 7. The second kappa shape index (κ2) is 15.6. The summed E-state index contributed by atoms with van der Waals surface area (Å²) in [6.45, 7) is 14.3. The van der Waals surface area contributed by atoms with Crippen molar-refractivity contribution in [3.8, 4) is 17.2 Å². The Morgan fingerprint density at radius 3 is 2.18 bits per heavy atom. The van der Waals surface area contributed by atoms with Gasteiger partial charge in [-0.2, -0.15) is 13.2 Å². The number of ether oxygens (including phenoxy) is 1. The molecular weight excluding hydrogens is 739 g/mol. The van der Waals surface area contributed by atoms with E-state index in [4.69, 9.17) is 4.74 Å². The minimum Gasteiger partial charge on any atom is -0.504 e.